The van der Waals surface area contributed by atoms with Crippen LogP contribution in [0.3, 0.4) is 0 Å². The number of hydrogen-bond donors (Lipinski definition) is 1. The van der Waals surface area contributed by atoms with Gasteiger partial charge < -0.3 is 5.73 Å². The number of carbonyl (C=O) groups is 1. The largest absolute Gasteiger partial charge is 0.382 e. The topological polar surface area (TPSA) is 60.9 Å². The molecule has 0 saturated heterocycles. The summed E-state index contributed by atoms with van der Waals surface area (Å²) >= 11 is 1.66. The number of anilines is 1. The summed E-state index contributed by atoms with van der Waals surface area (Å²) in [5, 5.41) is 5.86. The normalized spacial score (nSPS) is 10.4. The van der Waals surface area contributed by atoms with E-state index in [1.165, 1.54) is 9.56 Å². The number of aromatic nitrogens is 2. The van der Waals surface area contributed by atoms with E-state index in [0.29, 0.717) is 12.2 Å². The van der Waals surface area contributed by atoms with Crippen molar-refractivity contribution in [1.82, 2.24) is 9.78 Å². The Morgan fingerprint density at radius 3 is 3.00 bits per heavy atom. The van der Waals surface area contributed by atoms with E-state index in [-0.39, 0.29) is 5.91 Å². The van der Waals surface area contributed by atoms with Crippen molar-refractivity contribution in [2.24, 2.45) is 0 Å². The van der Waals surface area contributed by atoms with Gasteiger partial charge in [0.1, 0.15) is 5.82 Å². The van der Waals surface area contributed by atoms with E-state index >= 15 is 0 Å². The zero-order valence-electron chi connectivity index (χ0n) is 8.09. The van der Waals surface area contributed by atoms with Crippen LogP contribution in [0.4, 0.5) is 5.82 Å². The van der Waals surface area contributed by atoms with Gasteiger partial charge in [-0.2, -0.15) is 0 Å². The van der Waals surface area contributed by atoms with E-state index in [4.69, 9.17) is 5.73 Å². The molecule has 0 spiro atoms. The molecule has 2 aromatic rings. The highest BCUT2D eigenvalue weighted by molar-refractivity contribution is 7.09. The third-order valence-corrected chi connectivity index (χ3v) is 2.97. The smallest absolute Gasteiger partial charge is 0.247 e. The number of aryl methyl sites for hydroxylation is 1. The maximum absolute atomic E-state index is 11.6. The molecule has 2 N–H and O–H groups in total. The number of rotatable bonds is 3. The van der Waals surface area contributed by atoms with Crippen molar-refractivity contribution in [2.75, 3.05) is 5.73 Å². The molecular weight excluding hydrogens is 210 g/mol. The molecule has 5 heteroatoms. The summed E-state index contributed by atoms with van der Waals surface area (Å²) in [6.45, 7) is 0. The number of nitrogen functional groups attached to an aromatic ring is 1. The SMILES string of the molecule is Nc1ccn(C(=O)CCc2cccs2)n1. The van der Waals surface area contributed by atoms with Gasteiger partial charge >= 0.3 is 0 Å². The van der Waals surface area contributed by atoms with Crippen molar-refractivity contribution in [3.8, 4) is 0 Å². The molecule has 0 atom stereocenters. The Morgan fingerprint density at radius 2 is 2.40 bits per heavy atom. The van der Waals surface area contributed by atoms with Crippen LogP contribution in [0.5, 0.6) is 0 Å². The Hall–Kier alpha value is -1.62. The monoisotopic (exact) mass is 221 g/mol. The van der Waals surface area contributed by atoms with Gasteiger partial charge in [-0.15, -0.1) is 16.4 Å². The molecule has 0 aliphatic rings. The lowest BCUT2D eigenvalue weighted by molar-refractivity contribution is 0.0888. The first kappa shape index (κ1) is 9.92. The first-order chi connectivity index (χ1) is 7.25. The predicted octanol–water partition coefficient (Wildman–Crippen LogP) is 1.80. The highest BCUT2D eigenvalue weighted by Gasteiger charge is 2.06. The van der Waals surface area contributed by atoms with Crippen molar-refractivity contribution >= 4 is 23.1 Å². The van der Waals surface area contributed by atoms with Crippen LogP contribution in [0.1, 0.15) is 16.1 Å². The fourth-order valence-corrected chi connectivity index (χ4v) is 1.99. The highest BCUT2D eigenvalue weighted by atomic mass is 32.1. The number of thiophene rings is 1. The first-order valence-corrected chi connectivity index (χ1v) is 5.50. The zero-order valence-corrected chi connectivity index (χ0v) is 8.91. The van der Waals surface area contributed by atoms with Crippen LogP contribution in [0.2, 0.25) is 0 Å². The quantitative estimate of drug-likeness (QED) is 0.859. The van der Waals surface area contributed by atoms with Gasteiger partial charge in [-0.05, 0) is 17.9 Å². The second-order valence-corrected chi connectivity index (χ2v) is 4.19. The average Bonchev–Trinajstić information content (AvgIpc) is 2.84. The lowest BCUT2D eigenvalue weighted by Gasteiger charge is -1.98. The molecule has 0 unspecified atom stereocenters. The second kappa shape index (κ2) is 4.27. The van der Waals surface area contributed by atoms with Crippen LogP contribution < -0.4 is 5.73 Å². The lowest BCUT2D eigenvalue weighted by Crippen LogP contribution is -2.12. The van der Waals surface area contributed by atoms with Gasteiger partial charge in [0.2, 0.25) is 5.91 Å². The molecule has 0 aliphatic carbocycles. The van der Waals surface area contributed by atoms with Gasteiger partial charge in [0.05, 0.1) is 0 Å². The molecule has 78 valence electrons. The second-order valence-electron chi connectivity index (χ2n) is 3.16. The van der Waals surface area contributed by atoms with Crippen molar-refractivity contribution in [3.63, 3.8) is 0 Å². The highest BCUT2D eigenvalue weighted by Crippen LogP contribution is 2.11. The van der Waals surface area contributed by atoms with Crippen LogP contribution in [-0.2, 0) is 6.42 Å². The summed E-state index contributed by atoms with van der Waals surface area (Å²) in [7, 11) is 0. The number of carbonyl (C=O) groups excluding carboxylic acids is 1. The van der Waals surface area contributed by atoms with Crippen molar-refractivity contribution < 1.29 is 4.79 Å². The van der Waals surface area contributed by atoms with Crippen LogP contribution in [0.15, 0.2) is 29.8 Å². The Labute approximate surface area is 91.3 Å². The molecule has 0 saturated carbocycles. The predicted molar refractivity (Wildman–Crippen MR) is 59.9 cm³/mol. The minimum absolute atomic E-state index is 0.0277. The van der Waals surface area contributed by atoms with Gasteiger partial charge in [0, 0.05) is 23.6 Å². The van der Waals surface area contributed by atoms with E-state index < -0.39 is 0 Å². The molecule has 0 radical (unpaired) electrons. The Morgan fingerprint density at radius 1 is 1.53 bits per heavy atom. The summed E-state index contributed by atoms with van der Waals surface area (Å²) in [5.74, 6) is 0.347. The third-order valence-electron chi connectivity index (χ3n) is 2.03. The Balaban J connectivity index is 1.93. The minimum atomic E-state index is -0.0277. The van der Waals surface area contributed by atoms with Crippen LogP contribution in [0, 0.1) is 0 Å². The van der Waals surface area contributed by atoms with Gasteiger partial charge in [-0.3, -0.25) is 4.79 Å². The van der Waals surface area contributed by atoms with E-state index in [1.54, 1.807) is 23.6 Å². The fraction of sp³-hybridized carbons (Fsp3) is 0.200. The molecule has 2 heterocycles. The molecule has 2 aromatic heterocycles. The summed E-state index contributed by atoms with van der Waals surface area (Å²) in [5.41, 5.74) is 5.43. The molecule has 0 fully saturated rings. The summed E-state index contributed by atoms with van der Waals surface area (Å²) in [4.78, 5) is 12.8. The number of hydrogen-bond acceptors (Lipinski definition) is 4. The molecule has 0 aromatic carbocycles. The van der Waals surface area contributed by atoms with E-state index in [1.807, 2.05) is 17.5 Å². The summed E-state index contributed by atoms with van der Waals surface area (Å²) in [6, 6.07) is 5.62. The number of nitrogens with zero attached hydrogens (tertiary/aromatic N) is 2. The van der Waals surface area contributed by atoms with Crippen LogP contribution in [-0.4, -0.2) is 15.7 Å². The van der Waals surface area contributed by atoms with Gasteiger partial charge in [0.15, 0.2) is 0 Å². The summed E-state index contributed by atoms with van der Waals surface area (Å²) in [6.07, 6.45) is 2.81. The van der Waals surface area contributed by atoms with E-state index in [2.05, 4.69) is 5.10 Å². The molecule has 2 rings (SSSR count). The standard InChI is InChI=1S/C10H11N3OS/c11-9-5-6-13(12-9)10(14)4-3-8-2-1-7-15-8/h1-2,5-7H,3-4H2,(H2,11,12). The van der Waals surface area contributed by atoms with Crippen LogP contribution >= 0.6 is 11.3 Å². The lowest BCUT2D eigenvalue weighted by atomic mass is 10.2. The molecule has 0 aliphatic heterocycles. The van der Waals surface area contributed by atoms with Crippen molar-refractivity contribution in [2.45, 2.75) is 12.8 Å². The minimum Gasteiger partial charge on any atom is -0.382 e. The van der Waals surface area contributed by atoms with E-state index in [9.17, 15) is 4.79 Å². The average molecular weight is 221 g/mol. The fourth-order valence-electron chi connectivity index (χ4n) is 1.28. The zero-order chi connectivity index (χ0) is 10.7. The van der Waals surface area contributed by atoms with Gasteiger partial charge in [0.25, 0.3) is 0 Å². The maximum Gasteiger partial charge on any atom is 0.247 e. The first-order valence-electron chi connectivity index (χ1n) is 4.62. The van der Waals surface area contributed by atoms with Crippen molar-refractivity contribution in [1.29, 1.82) is 0 Å². The Bertz CT molecular complexity index is 447. The molecule has 4 nitrogen and oxygen atoms in total. The Kier molecular flexibility index (Phi) is 2.82. The molecule has 15 heavy (non-hydrogen) atoms. The molecular formula is C10H11N3OS. The van der Waals surface area contributed by atoms with Gasteiger partial charge in [-0.25, -0.2) is 4.68 Å². The third kappa shape index (κ3) is 2.44. The summed E-state index contributed by atoms with van der Waals surface area (Å²) < 4.78 is 1.29. The van der Waals surface area contributed by atoms with E-state index in [0.717, 1.165) is 6.42 Å². The maximum atomic E-state index is 11.6. The van der Waals surface area contributed by atoms with Gasteiger partial charge in [-0.1, -0.05) is 6.07 Å². The van der Waals surface area contributed by atoms with Crippen LogP contribution in [0.25, 0.3) is 0 Å². The van der Waals surface area contributed by atoms with Crippen molar-refractivity contribution in [3.05, 3.63) is 34.7 Å². The number of nitrogens with two attached hydrogens (primary N) is 1. The molecule has 0 amide bonds. The molecule has 0 bridgehead atoms.